The third-order valence-corrected chi connectivity index (χ3v) is 4.60. The third kappa shape index (κ3) is 3.18. The molecule has 0 aliphatic carbocycles. The van der Waals surface area contributed by atoms with Crippen molar-refractivity contribution in [1.82, 2.24) is 9.55 Å². The highest BCUT2D eigenvalue weighted by Crippen LogP contribution is 2.30. The Hall–Kier alpha value is -2.78. The highest BCUT2D eigenvalue weighted by atomic mass is 35.5. The van der Waals surface area contributed by atoms with Crippen molar-refractivity contribution in [3.8, 4) is 17.1 Å². The van der Waals surface area contributed by atoms with Crippen LogP contribution in [0.5, 0.6) is 0 Å². The molecular weight excluding hydrogens is 342 g/mol. The predicted octanol–water partition coefficient (Wildman–Crippen LogP) is 6.17. The molecule has 0 saturated carbocycles. The van der Waals surface area contributed by atoms with Crippen LogP contribution in [0.2, 0.25) is 5.02 Å². The zero-order valence-corrected chi connectivity index (χ0v) is 15.4. The third-order valence-electron chi connectivity index (χ3n) is 4.35. The summed E-state index contributed by atoms with van der Waals surface area (Å²) in [5.74, 6) is 0.913. The van der Waals surface area contributed by atoms with Crippen LogP contribution in [0.3, 0.4) is 0 Å². The Morgan fingerprint density at radius 3 is 2.46 bits per heavy atom. The van der Waals surface area contributed by atoms with Crippen LogP contribution in [-0.4, -0.2) is 16.1 Å². The van der Waals surface area contributed by atoms with Crippen LogP contribution in [0, 0.1) is 0 Å². The number of para-hydroxylation sites is 1. The lowest BCUT2D eigenvalue weighted by Gasteiger charge is -2.10. The molecule has 0 spiro atoms. The summed E-state index contributed by atoms with van der Waals surface area (Å²) in [5, 5.41) is 4.19. The highest BCUT2D eigenvalue weighted by Gasteiger charge is 2.14. The summed E-state index contributed by atoms with van der Waals surface area (Å²) in [7, 11) is 0. The van der Waals surface area contributed by atoms with Crippen molar-refractivity contribution in [3.05, 3.63) is 77.8 Å². The van der Waals surface area contributed by atoms with Crippen molar-refractivity contribution < 1.29 is 0 Å². The van der Waals surface area contributed by atoms with E-state index in [9.17, 15) is 0 Å². The van der Waals surface area contributed by atoms with Gasteiger partial charge in [-0.05, 0) is 61.0 Å². The summed E-state index contributed by atoms with van der Waals surface area (Å²) in [4.78, 5) is 4.90. The number of nitrogens with zero attached hydrogens (tertiary/aromatic N) is 2. The van der Waals surface area contributed by atoms with Gasteiger partial charge in [-0.15, -0.1) is 0 Å². The fourth-order valence-corrected chi connectivity index (χ4v) is 3.21. The number of fused-ring (bicyclic) bond motifs is 1. The van der Waals surface area contributed by atoms with Crippen molar-refractivity contribution in [2.45, 2.75) is 13.3 Å². The van der Waals surface area contributed by atoms with Gasteiger partial charge in [0.25, 0.3) is 0 Å². The van der Waals surface area contributed by atoms with Gasteiger partial charge < -0.3 is 5.32 Å². The average Bonchev–Trinajstić information content (AvgIpc) is 3.06. The second-order valence-electron chi connectivity index (χ2n) is 6.24. The van der Waals surface area contributed by atoms with E-state index in [2.05, 4.69) is 47.1 Å². The number of aromatic nitrogens is 2. The van der Waals surface area contributed by atoms with Crippen LogP contribution in [0.1, 0.15) is 13.3 Å². The van der Waals surface area contributed by atoms with E-state index >= 15 is 0 Å². The standard InChI is InChI=1S/C22H20ClN3/c1-2-14-24-18-12-13-20-21(15-18)26(19-6-4-3-5-7-19)22(25-20)16-8-10-17(23)11-9-16/h3-13,15,24H,2,14H2,1H3. The predicted molar refractivity (Wildman–Crippen MR) is 110 cm³/mol. The second-order valence-corrected chi connectivity index (χ2v) is 6.68. The maximum Gasteiger partial charge on any atom is 0.145 e. The summed E-state index contributed by atoms with van der Waals surface area (Å²) in [6.07, 6.45) is 1.09. The van der Waals surface area contributed by atoms with Gasteiger partial charge in [0.15, 0.2) is 0 Å². The van der Waals surface area contributed by atoms with Crippen LogP contribution >= 0.6 is 11.6 Å². The van der Waals surface area contributed by atoms with Crippen LogP contribution in [0.15, 0.2) is 72.8 Å². The first-order valence-electron chi connectivity index (χ1n) is 8.84. The molecule has 0 amide bonds. The van der Waals surface area contributed by atoms with E-state index in [-0.39, 0.29) is 0 Å². The number of benzene rings is 3. The molecule has 3 aromatic carbocycles. The number of rotatable bonds is 5. The van der Waals surface area contributed by atoms with Crippen LogP contribution in [0.4, 0.5) is 5.69 Å². The summed E-state index contributed by atoms with van der Waals surface area (Å²) < 4.78 is 2.20. The fourth-order valence-electron chi connectivity index (χ4n) is 3.09. The molecule has 0 aliphatic heterocycles. The molecule has 0 unspecified atom stereocenters. The van der Waals surface area contributed by atoms with Gasteiger partial charge in [0.1, 0.15) is 5.82 Å². The number of imidazole rings is 1. The molecule has 0 fully saturated rings. The van der Waals surface area contributed by atoms with Crippen molar-refractivity contribution >= 4 is 28.3 Å². The molecule has 1 heterocycles. The van der Waals surface area contributed by atoms with E-state index in [4.69, 9.17) is 16.6 Å². The lowest BCUT2D eigenvalue weighted by atomic mass is 10.2. The van der Waals surface area contributed by atoms with Gasteiger partial charge in [-0.25, -0.2) is 4.98 Å². The van der Waals surface area contributed by atoms with Gasteiger partial charge in [-0.2, -0.15) is 0 Å². The molecule has 0 saturated heterocycles. The second kappa shape index (κ2) is 7.22. The Morgan fingerprint density at radius 1 is 0.962 bits per heavy atom. The van der Waals surface area contributed by atoms with E-state index in [1.807, 2.05) is 42.5 Å². The van der Waals surface area contributed by atoms with Gasteiger partial charge in [0.2, 0.25) is 0 Å². The lowest BCUT2D eigenvalue weighted by Crippen LogP contribution is -2.00. The molecule has 4 rings (SSSR count). The van der Waals surface area contributed by atoms with Crippen molar-refractivity contribution in [2.75, 3.05) is 11.9 Å². The Bertz CT molecular complexity index is 1020. The van der Waals surface area contributed by atoms with Crippen molar-refractivity contribution in [1.29, 1.82) is 0 Å². The zero-order chi connectivity index (χ0) is 17.9. The summed E-state index contributed by atoms with van der Waals surface area (Å²) in [6, 6.07) is 24.5. The van der Waals surface area contributed by atoms with Crippen molar-refractivity contribution in [3.63, 3.8) is 0 Å². The molecule has 130 valence electrons. The average molecular weight is 362 g/mol. The molecule has 0 atom stereocenters. The maximum absolute atomic E-state index is 6.07. The Morgan fingerprint density at radius 2 is 1.73 bits per heavy atom. The maximum atomic E-state index is 6.07. The number of hydrogen-bond acceptors (Lipinski definition) is 2. The van der Waals surface area contributed by atoms with E-state index in [1.54, 1.807) is 0 Å². The summed E-state index contributed by atoms with van der Waals surface area (Å²) >= 11 is 6.07. The molecule has 26 heavy (non-hydrogen) atoms. The largest absolute Gasteiger partial charge is 0.385 e. The summed E-state index contributed by atoms with van der Waals surface area (Å²) in [6.45, 7) is 3.12. The number of hydrogen-bond donors (Lipinski definition) is 1. The first kappa shape index (κ1) is 16.7. The molecule has 3 nitrogen and oxygen atoms in total. The van der Waals surface area contributed by atoms with Crippen LogP contribution in [-0.2, 0) is 0 Å². The monoisotopic (exact) mass is 361 g/mol. The Balaban J connectivity index is 1.94. The van der Waals surface area contributed by atoms with Crippen LogP contribution < -0.4 is 5.32 Å². The van der Waals surface area contributed by atoms with E-state index in [1.165, 1.54) is 0 Å². The Labute approximate surface area is 158 Å². The van der Waals surface area contributed by atoms with E-state index < -0.39 is 0 Å². The number of anilines is 1. The minimum absolute atomic E-state index is 0.724. The fraction of sp³-hybridized carbons (Fsp3) is 0.136. The first-order chi connectivity index (χ1) is 12.8. The minimum Gasteiger partial charge on any atom is -0.385 e. The molecule has 1 N–H and O–H groups in total. The smallest absolute Gasteiger partial charge is 0.145 e. The Kier molecular flexibility index (Phi) is 4.63. The molecule has 1 aromatic heterocycles. The topological polar surface area (TPSA) is 29.9 Å². The van der Waals surface area contributed by atoms with E-state index in [0.29, 0.717) is 0 Å². The highest BCUT2D eigenvalue weighted by molar-refractivity contribution is 6.30. The van der Waals surface area contributed by atoms with Gasteiger partial charge in [-0.1, -0.05) is 36.7 Å². The molecule has 4 aromatic rings. The molecule has 0 radical (unpaired) electrons. The molecule has 0 aliphatic rings. The zero-order valence-electron chi connectivity index (χ0n) is 14.6. The lowest BCUT2D eigenvalue weighted by molar-refractivity contribution is 0.980. The van der Waals surface area contributed by atoms with E-state index in [0.717, 1.165) is 51.8 Å². The van der Waals surface area contributed by atoms with Gasteiger partial charge >= 0.3 is 0 Å². The SMILES string of the molecule is CCCNc1ccc2nc(-c3ccc(Cl)cc3)n(-c3ccccc3)c2c1. The van der Waals surface area contributed by atoms with Gasteiger partial charge in [0, 0.05) is 28.5 Å². The molecule has 4 heteroatoms. The van der Waals surface area contributed by atoms with Gasteiger partial charge in [-0.3, -0.25) is 4.57 Å². The molecular formula is C22H20ClN3. The number of halogens is 1. The normalized spacial score (nSPS) is 11.0. The quantitative estimate of drug-likeness (QED) is 0.460. The van der Waals surface area contributed by atoms with Crippen LogP contribution in [0.25, 0.3) is 28.1 Å². The summed E-state index contributed by atoms with van der Waals surface area (Å²) in [5.41, 5.74) is 5.30. The molecule has 0 bridgehead atoms. The van der Waals surface area contributed by atoms with Gasteiger partial charge in [0.05, 0.1) is 11.0 Å². The number of nitrogens with one attached hydrogen (secondary N) is 1. The first-order valence-corrected chi connectivity index (χ1v) is 9.22. The minimum atomic E-state index is 0.724. The van der Waals surface area contributed by atoms with Crippen molar-refractivity contribution in [2.24, 2.45) is 0 Å².